The fourth-order valence-electron chi connectivity index (χ4n) is 2.34. The molecular weight excluding hydrogens is 229 g/mol. The van der Waals surface area contributed by atoms with Crippen molar-refractivity contribution in [3.05, 3.63) is 30.1 Å². The molecule has 1 aliphatic heterocycles. The SMILES string of the molecule is CC(C)N1CCC(C#N)(Nc2cccc(F)c2)C1. The number of rotatable bonds is 3. The van der Waals surface area contributed by atoms with Gasteiger partial charge in [0.1, 0.15) is 11.4 Å². The van der Waals surface area contributed by atoms with E-state index in [1.54, 1.807) is 12.1 Å². The molecule has 1 saturated heterocycles. The molecule has 1 fully saturated rings. The third-order valence-corrected chi connectivity index (χ3v) is 3.45. The van der Waals surface area contributed by atoms with Crippen molar-refractivity contribution in [2.75, 3.05) is 18.4 Å². The number of nitriles is 1. The van der Waals surface area contributed by atoms with E-state index in [1.165, 1.54) is 12.1 Å². The summed E-state index contributed by atoms with van der Waals surface area (Å²) in [6, 6.07) is 9.05. The molecule has 0 bridgehead atoms. The van der Waals surface area contributed by atoms with Gasteiger partial charge in [-0.3, -0.25) is 4.90 Å². The molecule has 1 atom stereocenters. The van der Waals surface area contributed by atoms with Gasteiger partial charge in [-0.15, -0.1) is 0 Å². The molecule has 18 heavy (non-hydrogen) atoms. The van der Waals surface area contributed by atoms with Gasteiger partial charge in [0.05, 0.1) is 6.07 Å². The van der Waals surface area contributed by atoms with E-state index in [0.717, 1.165) is 13.0 Å². The molecule has 1 N–H and O–H groups in total. The lowest BCUT2D eigenvalue weighted by molar-refractivity contribution is 0.268. The first kappa shape index (κ1) is 12.8. The summed E-state index contributed by atoms with van der Waals surface area (Å²) in [6.07, 6.45) is 0.762. The Balaban J connectivity index is 2.14. The van der Waals surface area contributed by atoms with Crippen LogP contribution in [0.3, 0.4) is 0 Å². The summed E-state index contributed by atoms with van der Waals surface area (Å²) >= 11 is 0. The summed E-state index contributed by atoms with van der Waals surface area (Å²) in [6.45, 7) is 5.82. The third kappa shape index (κ3) is 2.62. The normalized spacial score (nSPS) is 24.2. The lowest BCUT2D eigenvalue weighted by Gasteiger charge is -2.26. The highest BCUT2D eigenvalue weighted by atomic mass is 19.1. The zero-order valence-electron chi connectivity index (χ0n) is 10.8. The summed E-state index contributed by atoms with van der Waals surface area (Å²) in [5.41, 5.74) is 0.0695. The molecule has 1 aromatic rings. The number of halogens is 1. The van der Waals surface area contributed by atoms with Crippen molar-refractivity contribution < 1.29 is 4.39 Å². The van der Waals surface area contributed by atoms with Gasteiger partial charge in [0.2, 0.25) is 0 Å². The maximum absolute atomic E-state index is 13.1. The van der Waals surface area contributed by atoms with E-state index in [0.29, 0.717) is 18.3 Å². The van der Waals surface area contributed by atoms with Crippen molar-refractivity contribution in [2.24, 2.45) is 0 Å². The molecule has 2 rings (SSSR count). The second kappa shape index (κ2) is 4.95. The van der Waals surface area contributed by atoms with Crippen molar-refractivity contribution in [1.29, 1.82) is 5.26 Å². The maximum Gasteiger partial charge on any atom is 0.139 e. The molecule has 3 nitrogen and oxygen atoms in total. The van der Waals surface area contributed by atoms with Crippen LogP contribution >= 0.6 is 0 Å². The van der Waals surface area contributed by atoms with Crippen LogP contribution in [-0.4, -0.2) is 29.6 Å². The zero-order chi connectivity index (χ0) is 13.2. The maximum atomic E-state index is 13.1. The number of nitrogens with zero attached hydrogens (tertiary/aromatic N) is 2. The average molecular weight is 247 g/mol. The van der Waals surface area contributed by atoms with Crippen molar-refractivity contribution in [3.8, 4) is 6.07 Å². The lowest BCUT2D eigenvalue weighted by Crippen LogP contribution is -2.41. The van der Waals surface area contributed by atoms with Crippen molar-refractivity contribution in [3.63, 3.8) is 0 Å². The topological polar surface area (TPSA) is 39.1 Å². The van der Waals surface area contributed by atoms with Crippen molar-refractivity contribution in [1.82, 2.24) is 4.90 Å². The summed E-state index contributed by atoms with van der Waals surface area (Å²) in [5, 5.41) is 12.6. The van der Waals surface area contributed by atoms with E-state index in [9.17, 15) is 9.65 Å². The van der Waals surface area contributed by atoms with Crippen LogP contribution in [0, 0.1) is 17.1 Å². The molecule has 1 aliphatic rings. The van der Waals surface area contributed by atoms with Gasteiger partial charge in [0, 0.05) is 24.8 Å². The fourth-order valence-corrected chi connectivity index (χ4v) is 2.34. The van der Waals surface area contributed by atoms with Gasteiger partial charge in [0.15, 0.2) is 0 Å². The summed E-state index contributed by atoms with van der Waals surface area (Å²) in [4.78, 5) is 2.26. The Kier molecular flexibility index (Phi) is 3.53. The smallest absolute Gasteiger partial charge is 0.139 e. The molecule has 0 spiro atoms. The molecule has 4 heteroatoms. The Labute approximate surface area is 107 Å². The van der Waals surface area contributed by atoms with Crippen LogP contribution in [0.2, 0.25) is 0 Å². The van der Waals surface area contributed by atoms with Gasteiger partial charge in [-0.25, -0.2) is 4.39 Å². The van der Waals surface area contributed by atoms with Gasteiger partial charge < -0.3 is 5.32 Å². The highest BCUT2D eigenvalue weighted by Gasteiger charge is 2.39. The second-order valence-electron chi connectivity index (χ2n) is 5.14. The number of anilines is 1. The Morgan fingerprint density at radius 1 is 1.50 bits per heavy atom. The molecule has 0 saturated carbocycles. The molecule has 1 unspecified atom stereocenters. The van der Waals surface area contributed by atoms with E-state index in [1.807, 2.05) is 0 Å². The number of benzene rings is 1. The monoisotopic (exact) mass is 247 g/mol. The highest BCUT2D eigenvalue weighted by Crippen LogP contribution is 2.27. The Bertz CT molecular complexity index is 466. The second-order valence-corrected chi connectivity index (χ2v) is 5.14. The van der Waals surface area contributed by atoms with Crippen LogP contribution in [-0.2, 0) is 0 Å². The molecule has 0 amide bonds. The van der Waals surface area contributed by atoms with Gasteiger partial charge in [-0.2, -0.15) is 5.26 Å². The molecule has 0 radical (unpaired) electrons. The Morgan fingerprint density at radius 3 is 2.83 bits per heavy atom. The average Bonchev–Trinajstić information content (AvgIpc) is 2.74. The summed E-state index contributed by atoms with van der Waals surface area (Å²) in [5.74, 6) is -0.285. The molecule has 0 aliphatic carbocycles. The first-order chi connectivity index (χ1) is 8.54. The van der Waals surface area contributed by atoms with E-state index >= 15 is 0 Å². The van der Waals surface area contributed by atoms with Gasteiger partial charge in [-0.1, -0.05) is 6.07 Å². The molecule has 1 heterocycles. The Morgan fingerprint density at radius 2 is 2.28 bits per heavy atom. The minimum Gasteiger partial charge on any atom is -0.366 e. The quantitative estimate of drug-likeness (QED) is 0.892. The number of nitrogens with one attached hydrogen (secondary N) is 1. The molecular formula is C14H18FN3. The number of hydrogen-bond donors (Lipinski definition) is 1. The minimum atomic E-state index is -0.599. The predicted octanol–water partition coefficient (Wildman–Crippen LogP) is 2.61. The Hall–Kier alpha value is -1.60. The van der Waals surface area contributed by atoms with Crippen molar-refractivity contribution >= 4 is 5.69 Å². The summed E-state index contributed by atoms with van der Waals surface area (Å²) < 4.78 is 13.1. The molecule has 1 aromatic carbocycles. The van der Waals surface area contributed by atoms with Gasteiger partial charge >= 0.3 is 0 Å². The fraction of sp³-hybridized carbons (Fsp3) is 0.500. The number of likely N-dealkylation sites (tertiary alicyclic amines) is 1. The standard InChI is InChI=1S/C14H18FN3/c1-11(2)18-7-6-14(9-16,10-18)17-13-5-3-4-12(15)8-13/h3-5,8,11,17H,6-7,10H2,1-2H3. The van der Waals surface area contributed by atoms with Crippen LogP contribution in [0.1, 0.15) is 20.3 Å². The third-order valence-electron chi connectivity index (χ3n) is 3.45. The highest BCUT2D eigenvalue weighted by molar-refractivity contribution is 5.48. The van der Waals surface area contributed by atoms with Gasteiger partial charge in [0.25, 0.3) is 0 Å². The predicted molar refractivity (Wildman–Crippen MR) is 69.7 cm³/mol. The van der Waals surface area contributed by atoms with E-state index in [4.69, 9.17) is 0 Å². The first-order valence-electron chi connectivity index (χ1n) is 6.24. The molecule has 96 valence electrons. The largest absolute Gasteiger partial charge is 0.366 e. The van der Waals surface area contributed by atoms with Crippen molar-refractivity contribution in [2.45, 2.75) is 31.8 Å². The zero-order valence-corrected chi connectivity index (χ0v) is 10.8. The first-order valence-corrected chi connectivity index (χ1v) is 6.24. The molecule has 0 aromatic heterocycles. The summed E-state index contributed by atoms with van der Waals surface area (Å²) in [7, 11) is 0. The van der Waals surface area contributed by atoms with E-state index < -0.39 is 5.54 Å². The van der Waals surface area contributed by atoms with E-state index in [-0.39, 0.29) is 5.82 Å². The minimum absolute atomic E-state index is 0.285. The van der Waals surface area contributed by atoms with Gasteiger partial charge in [-0.05, 0) is 38.5 Å². The van der Waals surface area contributed by atoms with Crippen LogP contribution in [0.25, 0.3) is 0 Å². The number of hydrogen-bond acceptors (Lipinski definition) is 3. The van der Waals surface area contributed by atoms with E-state index in [2.05, 4.69) is 30.1 Å². The lowest BCUT2D eigenvalue weighted by atomic mass is 10.0. The van der Waals surface area contributed by atoms with Crippen LogP contribution in [0.4, 0.5) is 10.1 Å². The van der Waals surface area contributed by atoms with Crippen LogP contribution < -0.4 is 5.32 Å². The van der Waals surface area contributed by atoms with Crippen LogP contribution in [0.15, 0.2) is 24.3 Å². The van der Waals surface area contributed by atoms with Crippen LogP contribution in [0.5, 0.6) is 0 Å².